The standard InChI is InChI=1S/C16H14F2N2O6S/c1-9-3-5-11(20(22)23)8-14(9)27(24,25)19-15(16(21)26-2)12-7-10(17)4-6-13(12)18/h3-8,15,19H,1-2H3. The summed E-state index contributed by atoms with van der Waals surface area (Å²) in [7, 11) is -3.58. The minimum Gasteiger partial charge on any atom is -0.468 e. The van der Waals surface area contributed by atoms with Crippen molar-refractivity contribution in [2.24, 2.45) is 0 Å². The fourth-order valence-electron chi connectivity index (χ4n) is 2.30. The molecule has 0 fully saturated rings. The van der Waals surface area contributed by atoms with Gasteiger partial charge >= 0.3 is 5.97 Å². The molecule has 27 heavy (non-hydrogen) atoms. The molecule has 0 aliphatic heterocycles. The van der Waals surface area contributed by atoms with E-state index in [2.05, 4.69) is 4.74 Å². The molecule has 0 spiro atoms. The van der Waals surface area contributed by atoms with Crippen LogP contribution in [0, 0.1) is 28.7 Å². The zero-order valence-corrected chi connectivity index (χ0v) is 14.9. The van der Waals surface area contributed by atoms with E-state index in [-0.39, 0.29) is 5.56 Å². The Morgan fingerprint density at radius 3 is 2.48 bits per heavy atom. The Balaban J connectivity index is 2.54. The third-order valence-corrected chi connectivity index (χ3v) is 5.22. The van der Waals surface area contributed by atoms with Gasteiger partial charge < -0.3 is 4.74 Å². The number of benzene rings is 2. The van der Waals surface area contributed by atoms with Gasteiger partial charge in [0.05, 0.1) is 16.9 Å². The second kappa shape index (κ2) is 7.76. The van der Waals surface area contributed by atoms with Crippen molar-refractivity contribution in [1.29, 1.82) is 0 Å². The summed E-state index contributed by atoms with van der Waals surface area (Å²) in [5, 5.41) is 10.9. The maximum Gasteiger partial charge on any atom is 0.328 e. The number of sulfonamides is 1. The van der Waals surface area contributed by atoms with Crippen LogP contribution in [0.25, 0.3) is 0 Å². The summed E-state index contributed by atoms with van der Waals surface area (Å²) in [5.41, 5.74) is -0.933. The Hall–Kier alpha value is -2.92. The molecular weight excluding hydrogens is 386 g/mol. The van der Waals surface area contributed by atoms with Gasteiger partial charge in [0.25, 0.3) is 5.69 Å². The number of nitrogens with one attached hydrogen (secondary N) is 1. The highest BCUT2D eigenvalue weighted by Crippen LogP contribution is 2.26. The Bertz CT molecular complexity index is 1010. The van der Waals surface area contributed by atoms with E-state index in [4.69, 9.17) is 0 Å². The number of methoxy groups -OCH3 is 1. The van der Waals surface area contributed by atoms with Crippen molar-refractivity contribution < 1.29 is 31.7 Å². The Kier molecular flexibility index (Phi) is 5.86. The van der Waals surface area contributed by atoms with E-state index in [0.29, 0.717) is 6.07 Å². The Morgan fingerprint density at radius 1 is 1.22 bits per heavy atom. The van der Waals surface area contributed by atoms with Crippen LogP contribution in [0.1, 0.15) is 17.2 Å². The molecular formula is C16H14F2N2O6S. The smallest absolute Gasteiger partial charge is 0.328 e. The van der Waals surface area contributed by atoms with Crippen LogP contribution >= 0.6 is 0 Å². The van der Waals surface area contributed by atoms with E-state index in [9.17, 15) is 32.1 Å². The lowest BCUT2D eigenvalue weighted by molar-refractivity contribution is -0.385. The molecule has 0 radical (unpaired) electrons. The molecule has 8 nitrogen and oxygen atoms in total. The molecule has 144 valence electrons. The van der Waals surface area contributed by atoms with Crippen molar-refractivity contribution in [1.82, 2.24) is 4.72 Å². The van der Waals surface area contributed by atoms with Crippen LogP contribution in [-0.2, 0) is 19.6 Å². The molecule has 2 aromatic carbocycles. The number of aryl methyl sites for hydroxylation is 1. The molecule has 0 aromatic heterocycles. The predicted molar refractivity (Wildman–Crippen MR) is 89.3 cm³/mol. The maximum atomic E-state index is 14.0. The van der Waals surface area contributed by atoms with Gasteiger partial charge in [-0.25, -0.2) is 22.0 Å². The summed E-state index contributed by atoms with van der Waals surface area (Å²) in [4.78, 5) is 21.6. The normalized spacial score (nSPS) is 12.4. The van der Waals surface area contributed by atoms with Gasteiger partial charge in [-0.05, 0) is 30.7 Å². The van der Waals surface area contributed by atoms with Crippen LogP contribution < -0.4 is 4.72 Å². The van der Waals surface area contributed by atoms with Crippen LogP contribution in [0.5, 0.6) is 0 Å². The molecule has 0 aliphatic rings. The molecule has 0 saturated carbocycles. The predicted octanol–water partition coefficient (Wildman–Crippen LogP) is 2.37. The van der Waals surface area contributed by atoms with Crippen molar-refractivity contribution in [3.05, 3.63) is 69.3 Å². The maximum absolute atomic E-state index is 14.0. The van der Waals surface area contributed by atoms with Crippen molar-refractivity contribution in [2.45, 2.75) is 17.9 Å². The monoisotopic (exact) mass is 400 g/mol. The van der Waals surface area contributed by atoms with Crippen molar-refractivity contribution >= 4 is 21.7 Å². The van der Waals surface area contributed by atoms with Gasteiger partial charge in [0, 0.05) is 17.7 Å². The number of carbonyl (C=O) groups is 1. The fraction of sp³-hybridized carbons (Fsp3) is 0.188. The van der Waals surface area contributed by atoms with Crippen LogP contribution in [0.4, 0.5) is 14.5 Å². The molecule has 1 unspecified atom stereocenters. The third kappa shape index (κ3) is 4.44. The average Bonchev–Trinajstić information content (AvgIpc) is 2.61. The van der Waals surface area contributed by atoms with Crippen molar-refractivity contribution in [2.75, 3.05) is 7.11 Å². The SMILES string of the molecule is COC(=O)C(NS(=O)(=O)c1cc([N+](=O)[O-])ccc1C)c1cc(F)ccc1F. The van der Waals surface area contributed by atoms with Crippen LogP contribution in [-0.4, -0.2) is 26.4 Å². The second-order valence-electron chi connectivity index (χ2n) is 5.45. The van der Waals surface area contributed by atoms with E-state index in [1.54, 1.807) is 0 Å². The highest BCUT2D eigenvalue weighted by molar-refractivity contribution is 7.89. The number of nitro benzene ring substituents is 1. The number of halogens is 2. The van der Waals surface area contributed by atoms with E-state index in [1.165, 1.54) is 13.0 Å². The van der Waals surface area contributed by atoms with Gasteiger partial charge in [-0.3, -0.25) is 10.1 Å². The van der Waals surface area contributed by atoms with Crippen molar-refractivity contribution in [3.63, 3.8) is 0 Å². The van der Waals surface area contributed by atoms with Gasteiger partial charge in [0.15, 0.2) is 0 Å². The fourth-order valence-corrected chi connectivity index (χ4v) is 3.73. The van der Waals surface area contributed by atoms with Crippen molar-refractivity contribution in [3.8, 4) is 0 Å². The zero-order chi connectivity index (χ0) is 20.4. The summed E-state index contributed by atoms with van der Waals surface area (Å²) < 4.78 is 59.2. The molecule has 2 rings (SSSR count). The first-order valence-electron chi connectivity index (χ1n) is 7.37. The Labute approximate surface area is 153 Å². The molecule has 0 saturated heterocycles. The summed E-state index contributed by atoms with van der Waals surface area (Å²) in [6.07, 6.45) is 0. The van der Waals surface area contributed by atoms with E-state index < -0.39 is 54.7 Å². The number of carbonyl (C=O) groups excluding carboxylic acids is 1. The topological polar surface area (TPSA) is 116 Å². The average molecular weight is 400 g/mol. The Morgan fingerprint density at radius 2 is 1.89 bits per heavy atom. The van der Waals surface area contributed by atoms with Crippen LogP contribution in [0.3, 0.4) is 0 Å². The summed E-state index contributed by atoms with van der Waals surface area (Å²) >= 11 is 0. The highest BCUT2D eigenvalue weighted by Gasteiger charge is 2.32. The molecule has 1 N–H and O–H groups in total. The number of nitrogens with zero attached hydrogens (tertiary/aromatic N) is 1. The molecule has 0 heterocycles. The van der Waals surface area contributed by atoms with E-state index >= 15 is 0 Å². The first kappa shape index (κ1) is 20.4. The lowest BCUT2D eigenvalue weighted by atomic mass is 10.1. The molecule has 0 aliphatic carbocycles. The summed E-state index contributed by atoms with van der Waals surface area (Å²) in [5.74, 6) is -3.12. The van der Waals surface area contributed by atoms with Gasteiger partial charge in [0.1, 0.15) is 17.7 Å². The number of rotatable bonds is 6. The van der Waals surface area contributed by atoms with Crippen LogP contribution in [0.2, 0.25) is 0 Å². The lowest BCUT2D eigenvalue weighted by Gasteiger charge is -2.18. The number of hydrogen-bond donors (Lipinski definition) is 1. The first-order chi connectivity index (χ1) is 12.6. The highest BCUT2D eigenvalue weighted by atomic mass is 32.2. The van der Waals surface area contributed by atoms with Gasteiger partial charge in [-0.2, -0.15) is 4.72 Å². The minimum atomic E-state index is -4.52. The van der Waals surface area contributed by atoms with Crippen LogP contribution in [0.15, 0.2) is 41.3 Å². The number of non-ortho nitro benzene ring substituents is 1. The summed E-state index contributed by atoms with van der Waals surface area (Å²) in [6, 6.07) is 3.41. The molecule has 0 bridgehead atoms. The number of esters is 1. The quantitative estimate of drug-likeness (QED) is 0.452. The second-order valence-corrected chi connectivity index (χ2v) is 7.13. The molecule has 0 amide bonds. The van der Waals surface area contributed by atoms with Gasteiger partial charge in [-0.1, -0.05) is 6.07 Å². The third-order valence-electron chi connectivity index (χ3n) is 3.65. The van der Waals surface area contributed by atoms with Gasteiger partial charge in [-0.15, -0.1) is 0 Å². The number of nitro groups is 1. The number of ether oxygens (including phenoxy) is 1. The summed E-state index contributed by atoms with van der Waals surface area (Å²) in [6.45, 7) is 1.38. The lowest BCUT2D eigenvalue weighted by Crippen LogP contribution is -2.35. The largest absolute Gasteiger partial charge is 0.468 e. The number of hydrogen-bond acceptors (Lipinski definition) is 6. The molecule has 2 aromatic rings. The van der Waals surface area contributed by atoms with E-state index in [1.807, 2.05) is 4.72 Å². The minimum absolute atomic E-state index is 0.149. The molecule has 11 heteroatoms. The first-order valence-corrected chi connectivity index (χ1v) is 8.85. The van der Waals surface area contributed by atoms with Gasteiger partial charge in [0.2, 0.25) is 10.0 Å². The molecule has 1 atom stereocenters. The van der Waals surface area contributed by atoms with E-state index in [0.717, 1.165) is 31.4 Å². The zero-order valence-electron chi connectivity index (χ0n) is 14.1.